The molecule has 0 amide bonds. The van der Waals surface area contributed by atoms with Crippen LogP contribution in [0.1, 0.15) is 37.5 Å². The van der Waals surface area contributed by atoms with Crippen molar-refractivity contribution in [3.63, 3.8) is 0 Å². The molecule has 0 radical (unpaired) electrons. The first-order valence-corrected chi connectivity index (χ1v) is 12.0. The lowest BCUT2D eigenvalue weighted by molar-refractivity contribution is 0.0788. The lowest BCUT2D eigenvalue weighted by atomic mass is 9.76. The van der Waals surface area contributed by atoms with E-state index < -0.39 is 11.9 Å². The molecule has 2 aliphatic heterocycles. The third-order valence-electron chi connectivity index (χ3n) is 6.84. The summed E-state index contributed by atoms with van der Waals surface area (Å²) >= 11 is 12.4. The molecule has 1 aromatic carbocycles. The highest BCUT2D eigenvalue weighted by Crippen LogP contribution is 2.43. The molecule has 10 heteroatoms. The van der Waals surface area contributed by atoms with E-state index in [-0.39, 0.29) is 22.3 Å². The van der Waals surface area contributed by atoms with Crippen LogP contribution in [-0.2, 0) is 4.74 Å². The van der Waals surface area contributed by atoms with Crippen LogP contribution < -0.4 is 15.8 Å². The molecule has 180 valence electrons. The number of pyridine rings is 1. The maximum Gasteiger partial charge on any atom is 0.166 e. The molecule has 2 aliphatic rings. The predicted octanol–water partition coefficient (Wildman–Crippen LogP) is 5.05. The smallest absolute Gasteiger partial charge is 0.166 e. The minimum absolute atomic E-state index is 0.0636. The summed E-state index contributed by atoms with van der Waals surface area (Å²) in [6, 6.07) is 4.74. The molecule has 34 heavy (non-hydrogen) atoms. The van der Waals surface area contributed by atoms with Gasteiger partial charge in [-0.15, -0.1) is 0 Å². The first-order valence-electron chi connectivity index (χ1n) is 11.3. The number of benzene rings is 1. The first kappa shape index (κ1) is 23.4. The second-order valence-electron chi connectivity index (χ2n) is 8.98. The molecule has 1 spiro atoms. The van der Waals surface area contributed by atoms with Gasteiger partial charge in [-0.2, -0.15) is 5.10 Å². The van der Waals surface area contributed by atoms with Gasteiger partial charge in [0.1, 0.15) is 11.9 Å². The second-order valence-corrected chi connectivity index (χ2v) is 9.76. The minimum Gasteiger partial charge on any atom is -0.482 e. The Balaban J connectivity index is 1.41. The van der Waals surface area contributed by atoms with Gasteiger partial charge in [0.05, 0.1) is 23.9 Å². The van der Waals surface area contributed by atoms with Gasteiger partial charge in [0.2, 0.25) is 0 Å². The normalized spacial score (nSPS) is 23.4. The average Bonchev–Trinajstić information content (AvgIpc) is 3.49. The van der Waals surface area contributed by atoms with E-state index in [0.717, 1.165) is 50.3 Å². The fourth-order valence-electron chi connectivity index (χ4n) is 4.97. The van der Waals surface area contributed by atoms with Crippen LogP contribution in [0.4, 0.5) is 10.2 Å². The van der Waals surface area contributed by atoms with Crippen LogP contribution in [0, 0.1) is 11.2 Å². The fraction of sp³-hybridized carbons (Fsp3) is 0.417. The van der Waals surface area contributed by atoms with Crippen LogP contribution in [-0.4, -0.2) is 41.1 Å². The highest BCUT2D eigenvalue weighted by atomic mass is 35.5. The molecule has 3 atom stereocenters. The molecule has 0 aliphatic carbocycles. The molecule has 5 rings (SSSR count). The largest absolute Gasteiger partial charge is 0.482 e. The Morgan fingerprint density at radius 3 is 2.97 bits per heavy atom. The van der Waals surface area contributed by atoms with Crippen molar-refractivity contribution in [2.24, 2.45) is 5.41 Å². The van der Waals surface area contributed by atoms with Crippen LogP contribution in [0.15, 0.2) is 36.8 Å². The van der Waals surface area contributed by atoms with Crippen LogP contribution in [0.2, 0.25) is 10.0 Å². The molecular formula is C24H26Cl2FN5O2. The van der Waals surface area contributed by atoms with Gasteiger partial charge in [0, 0.05) is 52.7 Å². The van der Waals surface area contributed by atoms with E-state index in [2.05, 4.69) is 20.1 Å². The number of aromatic nitrogens is 3. The van der Waals surface area contributed by atoms with Gasteiger partial charge in [-0.05, 0) is 44.5 Å². The molecular weight excluding hydrogens is 480 g/mol. The molecule has 2 aromatic heterocycles. The highest BCUT2D eigenvalue weighted by molar-refractivity contribution is 6.36. The number of nitrogens with one attached hydrogen (secondary N) is 1. The first-order chi connectivity index (χ1) is 16.4. The third kappa shape index (κ3) is 4.24. The summed E-state index contributed by atoms with van der Waals surface area (Å²) in [5, 5.41) is 8.44. The summed E-state index contributed by atoms with van der Waals surface area (Å²) in [4.78, 5) is 4.30. The number of hydrogen-bond acceptors (Lipinski definition) is 6. The van der Waals surface area contributed by atoms with Crippen molar-refractivity contribution in [3.05, 3.63) is 58.2 Å². The lowest BCUT2D eigenvalue weighted by Gasteiger charge is -2.40. The van der Waals surface area contributed by atoms with Gasteiger partial charge >= 0.3 is 0 Å². The van der Waals surface area contributed by atoms with E-state index in [1.807, 2.05) is 12.4 Å². The molecule has 3 N–H and O–H groups in total. The summed E-state index contributed by atoms with van der Waals surface area (Å²) in [5.74, 6) is 0.0100. The zero-order chi connectivity index (χ0) is 23.9. The standard InChI is InChI=1S/C24H26Cl2FN5O2/c1-14(21-17(25)2-3-18(27)22(21)26)34-19-8-15(9-30-23(19)28)16-10-31-32(11-16)20-4-6-29-12-24(20)5-7-33-13-24/h2-3,8-11,14,20,29H,4-7,12-13H2,1H3,(H2,28,30)/t14-,20?,24?/m1/s1. The van der Waals surface area contributed by atoms with Crippen molar-refractivity contribution in [1.82, 2.24) is 20.1 Å². The van der Waals surface area contributed by atoms with E-state index >= 15 is 0 Å². The summed E-state index contributed by atoms with van der Waals surface area (Å²) in [5.41, 5.74) is 8.22. The Bertz CT molecular complexity index is 1200. The molecule has 3 aromatic rings. The van der Waals surface area contributed by atoms with E-state index in [0.29, 0.717) is 16.3 Å². The number of nitrogens with two attached hydrogens (primary N) is 1. The monoisotopic (exact) mass is 505 g/mol. The SMILES string of the molecule is C[C@@H](Oc1cc(-c2cnn(C3CCNCC34CCOC4)c2)cnc1N)c1c(Cl)ccc(F)c1Cl. The number of rotatable bonds is 5. The van der Waals surface area contributed by atoms with Crippen LogP contribution >= 0.6 is 23.2 Å². The number of nitrogen functional groups attached to an aromatic ring is 1. The van der Waals surface area contributed by atoms with Crippen LogP contribution in [0.25, 0.3) is 11.1 Å². The topological polar surface area (TPSA) is 87.2 Å². The number of halogens is 3. The average molecular weight is 506 g/mol. The van der Waals surface area contributed by atoms with Crippen LogP contribution in [0.5, 0.6) is 5.75 Å². The number of ether oxygens (including phenoxy) is 2. The summed E-state index contributed by atoms with van der Waals surface area (Å²) in [6.07, 6.45) is 6.92. The number of piperidine rings is 1. The zero-order valence-electron chi connectivity index (χ0n) is 18.7. The Morgan fingerprint density at radius 2 is 2.18 bits per heavy atom. The van der Waals surface area contributed by atoms with Gasteiger partial charge in [-0.3, -0.25) is 4.68 Å². The van der Waals surface area contributed by atoms with E-state index in [9.17, 15) is 4.39 Å². The second kappa shape index (κ2) is 9.34. The number of anilines is 1. The quantitative estimate of drug-likeness (QED) is 0.471. The molecule has 2 saturated heterocycles. The number of nitrogens with zero attached hydrogens (tertiary/aromatic N) is 3. The minimum atomic E-state index is -0.644. The molecule has 2 fully saturated rings. The van der Waals surface area contributed by atoms with E-state index in [1.54, 1.807) is 19.2 Å². The molecule has 0 saturated carbocycles. The Morgan fingerprint density at radius 1 is 1.32 bits per heavy atom. The predicted molar refractivity (Wildman–Crippen MR) is 130 cm³/mol. The summed E-state index contributed by atoms with van der Waals surface area (Å²) in [7, 11) is 0. The zero-order valence-corrected chi connectivity index (χ0v) is 20.2. The molecule has 7 nitrogen and oxygen atoms in total. The highest BCUT2D eigenvalue weighted by Gasteiger charge is 2.45. The van der Waals surface area contributed by atoms with Crippen molar-refractivity contribution in [3.8, 4) is 16.9 Å². The van der Waals surface area contributed by atoms with Crippen molar-refractivity contribution in [2.75, 3.05) is 32.0 Å². The fourth-order valence-corrected chi connectivity index (χ4v) is 5.65. The van der Waals surface area contributed by atoms with Gasteiger partial charge in [0.15, 0.2) is 11.6 Å². The lowest BCUT2D eigenvalue weighted by Crippen LogP contribution is -2.48. The maximum atomic E-state index is 14.0. The van der Waals surface area contributed by atoms with Crippen molar-refractivity contribution in [2.45, 2.75) is 31.9 Å². The maximum absolute atomic E-state index is 14.0. The van der Waals surface area contributed by atoms with Crippen LogP contribution in [0.3, 0.4) is 0 Å². The number of hydrogen-bond donors (Lipinski definition) is 2. The van der Waals surface area contributed by atoms with Gasteiger partial charge < -0.3 is 20.5 Å². The van der Waals surface area contributed by atoms with Gasteiger partial charge in [0.25, 0.3) is 0 Å². The van der Waals surface area contributed by atoms with E-state index in [1.165, 1.54) is 12.1 Å². The van der Waals surface area contributed by atoms with Gasteiger partial charge in [-0.1, -0.05) is 23.2 Å². The van der Waals surface area contributed by atoms with E-state index in [4.69, 9.17) is 38.4 Å². The Labute approximate surface area is 207 Å². The van der Waals surface area contributed by atoms with Crippen molar-refractivity contribution >= 4 is 29.0 Å². The van der Waals surface area contributed by atoms with Crippen molar-refractivity contribution in [1.29, 1.82) is 0 Å². The summed E-state index contributed by atoms with van der Waals surface area (Å²) < 4.78 is 27.8. The van der Waals surface area contributed by atoms with Crippen molar-refractivity contribution < 1.29 is 13.9 Å². The third-order valence-corrected chi connectivity index (χ3v) is 7.55. The Kier molecular flexibility index (Phi) is 6.41. The van der Waals surface area contributed by atoms with Gasteiger partial charge in [-0.25, -0.2) is 9.37 Å². The molecule has 2 unspecified atom stereocenters. The molecule has 0 bridgehead atoms. The molecule has 4 heterocycles. The Hall–Kier alpha value is -2.39. The summed E-state index contributed by atoms with van der Waals surface area (Å²) in [6.45, 7) is 5.14.